The third-order valence-electron chi connectivity index (χ3n) is 3.33. The number of rotatable bonds is 1. The van der Waals surface area contributed by atoms with Gasteiger partial charge in [0.1, 0.15) is 11.3 Å². The Kier molecular flexibility index (Phi) is 2.33. The van der Waals surface area contributed by atoms with E-state index in [9.17, 15) is 0 Å². The Balaban J connectivity index is 2.35. The van der Waals surface area contributed by atoms with Gasteiger partial charge >= 0.3 is 0 Å². The monoisotopic (exact) mass is 237 g/mol. The lowest BCUT2D eigenvalue weighted by Crippen LogP contribution is -1.94. The van der Waals surface area contributed by atoms with Crippen LogP contribution in [0.5, 0.6) is 0 Å². The molecule has 0 aliphatic carbocycles. The quantitative estimate of drug-likeness (QED) is 0.661. The van der Waals surface area contributed by atoms with Gasteiger partial charge in [0.25, 0.3) is 0 Å². The summed E-state index contributed by atoms with van der Waals surface area (Å²) < 4.78 is 2.09. The topological polar surface area (TPSA) is 43.8 Å². The van der Waals surface area contributed by atoms with Crippen LogP contribution in [0, 0.1) is 6.92 Å². The first kappa shape index (κ1) is 10.8. The van der Waals surface area contributed by atoms with Crippen LogP contribution in [0.1, 0.15) is 5.56 Å². The maximum atomic E-state index is 5.98. The molecule has 18 heavy (non-hydrogen) atoms. The van der Waals surface area contributed by atoms with E-state index in [-0.39, 0.29) is 0 Å². The maximum Gasteiger partial charge on any atom is 0.141 e. The zero-order chi connectivity index (χ0) is 12.7. The number of hydrogen-bond donors (Lipinski definition) is 1. The van der Waals surface area contributed by atoms with E-state index in [4.69, 9.17) is 5.73 Å². The van der Waals surface area contributed by atoms with Gasteiger partial charge in [-0.25, -0.2) is 4.98 Å². The number of nitrogens with two attached hydrogens (primary N) is 1. The van der Waals surface area contributed by atoms with Crippen LogP contribution in [0.4, 0.5) is 5.69 Å². The second-order valence-corrected chi connectivity index (χ2v) is 4.52. The fourth-order valence-corrected chi connectivity index (χ4v) is 2.30. The largest absolute Gasteiger partial charge is 0.397 e. The van der Waals surface area contributed by atoms with Crippen LogP contribution in [0.2, 0.25) is 0 Å². The van der Waals surface area contributed by atoms with Gasteiger partial charge in [0.15, 0.2) is 0 Å². The van der Waals surface area contributed by atoms with Gasteiger partial charge in [0, 0.05) is 12.6 Å². The van der Waals surface area contributed by atoms with Crippen molar-refractivity contribution in [2.75, 3.05) is 5.73 Å². The highest BCUT2D eigenvalue weighted by Gasteiger charge is 2.12. The molecule has 0 bridgehead atoms. The first-order valence-corrected chi connectivity index (χ1v) is 5.95. The normalized spacial score (nSPS) is 11.0. The first-order chi connectivity index (χ1) is 8.68. The number of benzene rings is 2. The highest BCUT2D eigenvalue weighted by molar-refractivity contribution is 5.90. The lowest BCUT2D eigenvalue weighted by atomic mass is 10.1. The van der Waals surface area contributed by atoms with Crippen molar-refractivity contribution in [2.24, 2.45) is 7.05 Å². The number of hydrogen-bond acceptors (Lipinski definition) is 2. The van der Waals surface area contributed by atoms with Crippen molar-refractivity contribution in [2.45, 2.75) is 6.92 Å². The molecule has 3 nitrogen and oxygen atoms in total. The highest BCUT2D eigenvalue weighted by Crippen LogP contribution is 2.28. The van der Waals surface area contributed by atoms with Gasteiger partial charge in [-0.1, -0.05) is 30.3 Å². The average molecular weight is 237 g/mol. The summed E-state index contributed by atoms with van der Waals surface area (Å²) in [5.41, 5.74) is 11.0. The predicted molar refractivity (Wildman–Crippen MR) is 75.3 cm³/mol. The van der Waals surface area contributed by atoms with E-state index in [0.717, 1.165) is 28.1 Å². The molecule has 0 radical (unpaired) electrons. The standard InChI is InChI=1S/C15H15N3/c1-10-6-3-4-7-11(10)15-17-14-12(16)8-5-9-13(14)18(15)2/h3-9H,16H2,1-2H3. The van der Waals surface area contributed by atoms with Crippen molar-refractivity contribution in [1.82, 2.24) is 9.55 Å². The number of aryl methyl sites for hydroxylation is 2. The molecule has 90 valence electrons. The van der Waals surface area contributed by atoms with Crippen LogP contribution in [0.3, 0.4) is 0 Å². The summed E-state index contributed by atoms with van der Waals surface area (Å²) in [5.74, 6) is 0.959. The van der Waals surface area contributed by atoms with Crippen LogP contribution < -0.4 is 5.73 Å². The van der Waals surface area contributed by atoms with E-state index >= 15 is 0 Å². The number of para-hydroxylation sites is 1. The molecule has 3 heteroatoms. The summed E-state index contributed by atoms with van der Waals surface area (Å²) >= 11 is 0. The molecule has 0 unspecified atom stereocenters. The zero-order valence-electron chi connectivity index (χ0n) is 10.5. The summed E-state index contributed by atoms with van der Waals surface area (Å²) in [5, 5.41) is 0. The van der Waals surface area contributed by atoms with Gasteiger partial charge in [-0.2, -0.15) is 0 Å². The van der Waals surface area contributed by atoms with Crippen molar-refractivity contribution in [3.8, 4) is 11.4 Å². The number of anilines is 1. The van der Waals surface area contributed by atoms with Crippen molar-refractivity contribution in [3.05, 3.63) is 48.0 Å². The molecule has 1 aromatic heterocycles. The van der Waals surface area contributed by atoms with Gasteiger partial charge in [0.05, 0.1) is 11.2 Å². The first-order valence-electron chi connectivity index (χ1n) is 5.95. The molecule has 1 heterocycles. The lowest BCUT2D eigenvalue weighted by molar-refractivity contribution is 0.957. The van der Waals surface area contributed by atoms with Crippen molar-refractivity contribution < 1.29 is 0 Å². The molecular weight excluding hydrogens is 222 g/mol. The molecule has 0 spiro atoms. The smallest absolute Gasteiger partial charge is 0.141 e. The molecule has 3 rings (SSSR count). The number of aromatic nitrogens is 2. The fraction of sp³-hybridized carbons (Fsp3) is 0.133. The van der Waals surface area contributed by atoms with Crippen LogP contribution in [0.15, 0.2) is 42.5 Å². The van der Waals surface area contributed by atoms with E-state index in [2.05, 4.69) is 28.6 Å². The molecular formula is C15H15N3. The van der Waals surface area contributed by atoms with E-state index in [1.165, 1.54) is 5.56 Å². The third kappa shape index (κ3) is 1.48. The SMILES string of the molecule is Cc1ccccc1-c1nc2c(N)cccc2n1C. The van der Waals surface area contributed by atoms with Crippen molar-refractivity contribution >= 4 is 16.7 Å². The van der Waals surface area contributed by atoms with E-state index in [1.807, 2.05) is 37.4 Å². The van der Waals surface area contributed by atoms with E-state index in [0.29, 0.717) is 0 Å². The van der Waals surface area contributed by atoms with Gasteiger partial charge < -0.3 is 10.3 Å². The molecule has 0 aliphatic rings. The Labute approximate surface area is 106 Å². The molecule has 3 aromatic rings. The third-order valence-corrected chi connectivity index (χ3v) is 3.33. The van der Waals surface area contributed by atoms with Crippen molar-refractivity contribution in [1.29, 1.82) is 0 Å². The molecule has 0 amide bonds. The zero-order valence-corrected chi connectivity index (χ0v) is 10.5. The molecule has 0 saturated carbocycles. The Morgan fingerprint density at radius 1 is 1.06 bits per heavy atom. The second-order valence-electron chi connectivity index (χ2n) is 4.52. The predicted octanol–water partition coefficient (Wildman–Crippen LogP) is 3.13. The average Bonchev–Trinajstić information content (AvgIpc) is 2.70. The van der Waals surface area contributed by atoms with Crippen LogP contribution >= 0.6 is 0 Å². The number of nitrogen functional groups attached to an aromatic ring is 1. The number of imidazole rings is 1. The number of nitrogens with zero attached hydrogens (tertiary/aromatic N) is 2. The summed E-state index contributed by atoms with van der Waals surface area (Å²) in [4.78, 5) is 4.68. The molecule has 2 aromatic carbocycles. The molecule has 0 atom stereocenters. The van der Waals surface area contributed by atoms with E-state index < -0.39 is 0 Å². The molecule has 0 fully saturated rings. The minimum absolute atomic E-state index is 0.725. The minimum atomic E-state index is 0.725. The minimum Gasteiger partial charge on any atom is -0.397 e. The van der Waals surface area contributed by atoms with Crippen LogP contribution in [-0.4, -0.2) is 9.55 Å². The summed E-state index contributed by atoms with van der Waals surface area (Å²) in [6, 6.07) is 14.1. The summed E-state index contributed by atoms with van der Waals surface area (Å²) in [6.07, 6.45) is 0. The Morgan fingerprint density at radius 3 is 2.56 bits per heavy atom. The van der Waals surface area contributed by atoms with E-state index in [1.54, 1.807) is 0 Å². The summed E-state index contributed by atoms with van der Waals surface area (Å²) in [7, 11) is 2.02. The van der Waals surface area contributed by atoms with Gasteiger partial charge in [-0.3, -0.25) is 0 Å². The Bertz CT molecular complexity index is 726. The molecule has 2 N–H and O–H groups in total. The number of fused-ring (bicyclic) bond motifs is 1. The van der Waals surface area contributed by atoms with Crippen LogP contribution in [0.25, 0.3) is 22.4 Å². The van der Waals surface area contributed by atoms with Gasteiger partial charge in [0.2, 0.25) is 0 Å². The lowest BCUT2D eigenvalue weighted by Gasteiger charge is -2.05. The highest BCUT2D eigenvalue weighted by atomic mass is 15.1. The van der Waals surface area contributed by atoms with Crippen LogP contribution in [-0.2, 0) is 7.05 Å². The van der Waals surface area contributed by atoms with Gasteiger partial charge in [-0.15, -0.1) is 0 Å². The van der Waals surface area contributed by atoms with Gasteiger partial charge in [-0.05, 0) is 24.6 Å². The Morgan fingerprint density at radius 2 is 1.83 bits per heavy atom. The molecule has 0 aliphatic heterocycles. The van der Waals surface area contributed by atoms with Crippen molar-refractivity contribution in [3.63, 3.8) is 0 Å². The Hall–Kier alpha value is -2.29. The maximum absolute atomic E-state index is 5.98. The summed E-state index contributed by atoms with van der Waals surface area (Å²) in [6.45, 7) is 2.10. The molecule has 0 saturated heterocycles. The second kappa shape index (κ2) is 3.88. The fourth-order valence-electron chi connectivity index (χ4n) is 2.30.